The number of rotatable bonds is 4. The Morgan fingerprint density at radius 1 is 1.24 bits per heavy atom. The number of ether oxygens (including phenoxy) is 1. The highest BCUT2D eigenvalue weighted by molar-refractivity contribution is 6.00. The molecule has 0 spiro atoms. The first-order valence-electron chi connectivity index (χ1n) is 7.78. The summed E-state index contributed by atoms with van der Waals surface area (Å²) in [6.07, 6.45) is 0. The maximum Gasteiger partial charge on any atom is 0.343 e. The first-order chi connectivity index (χ1) is 11.7. The molecule has 25 heavy (non-hydrogen) atoms. The van der Waals surface area contributed by atoms with Crippen molar-refractivity contribution >= 4 is 11.8 Å². The van der Waals surface area contributed by atoms with E-state index in [2.05, 4.69) is 5.10 Å². The van der Waals surface area contributed by atoms with Gasteiger partial charge in [0, 0.05) is 5.41 Å². The van der Waals surface area contributed by atoms with Crippen LogP contribution >= 0.6 is 0 Å². The molecule has 132 valence electrons. The second-order valence-corrected chi connectivity index (χ2v) is 6.41. The molecule has 0 aliphatic carbocycles. The van der Waals surface area contributed by atoms with Gasteiger partial charge < -0.3 is 4.74 Å². The monoisotopic (exact) mass is 346 g/mol. The van der Waals surface area contributed by atoms with E-state index >= 15 is 0 Å². The lowest BCUT2D eigenvalue weighted by atomic mass is 9.88. The Kier molecular flexibility index (Phi) is 5.15. The number of hydrogen-bond donors (Lipinski definition) is 0. The topological polar surface area (TPSA) is 78.3 Å². The predicted octanol–water partition coefficient (Wildman–Crippen LogP) is 2.78. The normalized spacial score (nSPS) is 11.2. The molecular formula is C18H19FN2O4. The van der Waals surface area contributed by atoms with Gasteiger partial charge in [0.05, 0.1) is 6.61 Å². The third-order valence-electron chi connectivity index (χ3n) is 3.40. The lowest BCUT2D eigenvalue weighted by Gasteiger charge is -2.17. The van der Waals surface area contributed by atoms with Crippen LogP contribution in [0.25, 0.3) is 5.69 Å². The fraction of sp³-hybridized carbons (Fsp3) is 0.333. The first-order valence-corrected chi connectivity index (χ1v) is 7.78. The van der Waals surface area contributed by atoms with Gasteiger partial charge in [0.1, 0.15) is 22.8 Å². The van der Waals surface area contributed by atoms with E-state index in [0.717, 1.165) is 16.8 Å². The van der Waals surface area contributed by atoms with E-state index < -0.39 is 22.8 Å². The molecule has 0 amide bonds. The highest BCUT2D eigenvalue weighted by Crippen LogP contribution is 2.20. The van der Waals surface area contributed by atoms with Crippen molar-refractivity contribution in [2.75, 3.05) is 6.61 Å². The van der Waals surface area contributed by atoms with Gasteiger partial charge in [-0.15, -0.1) is 0 Å². The molecule has 2 rings (SSSR count). The van der Waals surface area contributed by atoms with Crippen molar-refractivity contribution < 1.29 is 18.7 Å². The van der Waals surface area contributed by atoms with Gasteiger partial charge in [-0.05, 0) is 25.1 Å². The number of halogens is 1. The largest absolute Gasteiger partial charge is 0.462 e. The molecule has 0 bridgehead atoms. The zero-order valence-electron chi connectivity index (χ0n) is 14.5. The van der Waals surface area contributed by atoms with Crippen molar-refractivity contribution in [3.63, 3.8) is 0 Å². The van der Waals surface area contributed by atoms with Crippen LogP contribution in [0.15, 0.2) is 35.1 Å². The SMILES string of the molecule is CCOC(=O)c1cc(C(=O)C(C)(C)C)nn(-c2ccccc2F)c1=O. The smallest absolute Gasteiger partial charge is 0.343 e. The van der Waals surface area contributed by atoms with Crippen LogP contribution in [0.4, 0.5) is 4.39 Å². The minimum Gasteiger partial charge on any atom is -0.462 e. The highest BCUT2D eigenvalue weighted by atomic mass is 19.1. The summed E-state index contributed by atoms with van der Waals surface area (Å²) in [4.78, 5) is 37.2. The molecule has 1 aromatic heterocycles. The van der Waals surface area contributed by atoms with Gasteiger partial charge in [0.25, 0.3) is 5.56 Å². The molecule has 1 aromatic carbocycles. The molecule has 0 radical (unpaired) electrons. The van der Waals surface area contributed by atoms with Crippen molar-refractivity contribution in [2.24, 2.45) is 5.41 Å². The number of ketones is 1. The summed E-state index contributed by atoms with van der Waals surface area (Å²) in [5.74, 6) is -1.97. The Balaban J connectivity index is 2.77. The number of hydrogen-bond acceptors (Lipinski definition) is 5. The molecule has 0 fully saturated rings. The van der Waals surface area contributed by atoms with E-state index in [0.29, 0.717) is 0 Å². The lowest BCUT2D eigenvalue weighted by Crippen LogP contribution is -2.32. The van der Waals surface area contributed by atoms with E-state index in [1.807, 2.05) is 0 Å². The Morgan fingerprint density at radius 2 is 1.88 bits per heavy atom. The number of carbonyl (C=O) groups is 2. The average molecular weight is 346 g/mol. The summed E-state index contributed by atoms with van der Waals surface area (Å²) in [6.45, 7) is 6.69. The fourth-order valence-corrected chi connectivity index (χ4v) is 2.13. The molecular weight excluding hydrogens is 327 g/mol. The first kappa shape index (κ1) is 18.5. The summed E-state index contributed by atoms with van der Waals surface area (Å²) >= 11 is 0. The number of benzene rings is 1. The maximum atomic E-state index is 14.1. The van der Waals surface area contributed by atoms with Crippen molar-refractivity contribution in [2.45, 2.75) is 27.7 Å². The molecule has 2 aromatic rings. The molecule has 7 heteroatoms. The Bertz CT molecular complexity index is 881. The molecule has 0 saturated heterocycles. The van der Waals surface area contributed by atoms with Gasteiger partial charge >= 0.3 is 5.97 Å². The van der Waals surface area contributed by atoms with E-state index in [9.17, 15) is 18.8 Å². The summed E-state index contributed by atoms with van der Waals surface area (Å²) in [5.41, 5.74) is -2.28. The Labute approximate surface area is 144 Å². The van der Waals surface area contributed by atoms with Crippen molar-refractivity contribution in [3.05, 3.63) is 57.8 Å². The summed E-state index contributed by atoms with van der Waals surface area (Å²) < 4.78 is 19.7. The third-order valence-corrected chi connectivity index (χ3v) is 3.40. The number of esters is 1. The summed E-state index contributed by atoms with van der Waals surface area (Å²) in [7, 11) is 0. The van der Waals surface area contributed by atoms with E-state index in [1.165, 1.54) is 18.2 Å². The molecule has 0 atom stereocenters. The minimum atomic E-state index is -0.886. The Hall–Kier alpha value is -2.83. The fourth-order valence-electron chi connectivity index (χ4n) is 2.13. The van der Waals surface area contributed by atoms with Crippen LogP contribution in [-0.4, -0.2) is 28.1 Å². The van der Waals surface area contributed by atoms with Crippen molar-refractivity contribution in [1.82, 2.24) is 9.78 Å². The number of carbonyl (C=O) groups excluding carboxylic acids is 2. The predicted molar refractivity (Wildman–Crippen MR) is 89.5 cm³/mol. The molecule has 0 aliphatic heterocycles. The van der Waals surface area contributed by atoms with E-state index in [1.54, 1.807) is 27.7 Å². The van der Waals surface area contributed by atoms with Crippen LogP contribution in [-0.2, 0) is 4.74 Å². The summed E-state index contributed by atoms with van der Waals surface area (Å²) in [5, 5.41) is 3.98. The van der Waals surface area contributed by atoms with Crippen molar-refractivity contribution in [1.29, 1.82) is 0 Å². The quantitative estimate of drug-likeness (QED) is 0.628. The maximum absolute atomic E-state index is 14.1. The molecule has 0 N–H and O–H groups in total. The van der Waals surface area contributed by atoms with Gasteiger partial charge in [-0.25, -0.2) is 9.18 Å². The number of aromatic nitrogens is 2. The van der Waals surface area contributed by atoms with Crippen LogP contribution in [0.2, 0.25) is 0 Å². The molecule has 0 aliphatic rings. The summed E-state index contributed by atoms with van der Waals surface area (Å²) in [6, 6.07) is 6.58. The van der Waals surface area contributed by atoms with Crippen LogP contribution in [0.3, 0.4) is 0 Å². The van der Waals surface area contributed by atoms with Gasteiger partial charge in [-0.1, -0.05) is 32.9 Å². The molecule has 6 nitrogen and oxygen atoms in total. The number of nitrogens with zero attached hydrogens (tertiary/aromatic N) is 2. The second-order valence-electron chi connectivity index (χ2n) is 6.41. The Morgan fingerprint density at radius 3 is 2.44 bits per heavy atom. The van der Waals surface area contributed by atoms with Crippen molar-refractivity contribution in [3.8, 4) is 5.69 Å². The van der Waals surface area contributed by atoms with Crippen LogP contribution in [0.1, 0.15) is 48.5 Å². The second kappa shape index (κ2) is 6.96. The van der Waals surface area contributed by atoms with Gasteiger partial charge in [-0.3, -0.25) is 9.59 Å². The van der Waals surface area contributed by atoms with Gasteiger partial charge in [-0.2, -0.15) is 9.78 Å². The van der Waals surface area contributed by atoms with E-state index in [4.69, 9.17) is 4.74 Å². The molecule has 1 heterocycles. The zero-order valence-corrected chi connectivity index (χ0v) is 14.5. The number of Topliss-reactive ketones (excluding diaryl/α,β-unsaturated/α-hetero) is 1. The zero-order chi connectivity index (χ0) is 18.8. The minimum absolute atomic E-state index is 0.0584. The van der Waals surface area contributed by atoms with Gasteiger partial charge in [0.15, 0.2) is 5.78 Å². The van der Waals surface area contributed by atoms with Crippen LogP contribution in [0.5, 0.6) is 0 Å². The van der Waals surface area contributed by atoms with E-state index in [-0.39, 0.29) is 29.3 Å². The van der Waals surface area contributed by atoms with Crippen LogP contribution in [0, 0.1) is 11.2 Å². The highest BCUT2D eigenvalue weighted by Gasteiger charge is 2.28. The lowest BCUT2D eigenvalue weighted by molar-refractivity contribution is 0.0523. The van der Waals surface area contributed by atoms with Gasteiger partial charge in [0.2, 0.25) is 0 Å². The number of para-hydroxylation sites is 1. The standard InChI is InChI=1S/C18H19FN2O4/c1-5-25-17(24)11-10-13(15(22)18(2,3)4)20-21(16(11)23)14-9-7-6-8-12(14)19/h6-10H,5H2,1-4H3. The average Bonchev–Trinajstić information content (AvgIpc) is 2.54. The third kappa shape index (κ3) is 3.81. The molecule has 0 unspecified atom stereocenters. The van der Waals surface area contributed by atoms with Crippen LogP contribution < -0.4 is 5.56 Å². The molecule has 0 saturated carbocycles.